The van der Waals surface area contributed by atoms with Crippen LogP contribution >= 0.6 is 0 Å². The largest absolute Gasteiger partial charge is 0.296 e. The third-order valence-corrected chi connectivity index (χ3v) is 2.28. The average molecular weight is 198 g/mol. The van der Waals surface area contributed by atoms with E-state index in [2.05, 4.69) is 9.97 Å². The Hall–Kier alpha value is -2.03. The molecule has 1 heterocycles. The fraction of sp³-hybridized carbons (Fsp3) is 0.0833. The molecule has 0 saturated heterocycles. The van der Waals surface area contributed by atoms with Gasteiger partial charge < -0.3 is 0 Å². The Morgan fingerprint density at radius 3 is 2.53 bits per heavy atom. The van der Waals surface area contributed by atoms with Crippen LogP contribution in [0.1, 0.15) is 16.1 Å². The van der Waals surface area contributed by atoms with Gasteiger partial charge in [0.2, 0.25) is 0 Å². The van der Waals surface area contributed by atoms with Crippen LogP contribution in [0.3, 0.4) is 0 Å². The van der Waals surface area contributed by atoms with Crippen LogP contribution in [-0.4, -0.2) is 16.3 Å². The predicted molar refractivity (Wildman–Crippen MR) is 57.6 cm³/mol. The van der Waals surface area contributed by atoms with E-state index in [0.717, 1.165) is 23.1 Å². The molecular formula is C12H10N2O. The first-order valence-corrected chi connectivity index (χ1v) is 4.65. The van der Waals surface area contributed by atoms with Gasteiger partial charge in [0.25, 0.3) is 0 Å². The van der Waals surface area contributed by atoms with Crippen LogP contribution in [0.15, 0.2) is 36.7 Å². The maximum absolute atomic E-state index is 10.7. The van der Waals surface area contributed by atoms with Gasteiger partial charge in [-0.25, -0.2) is 9.97 Å². The lowest BCUT2D eigenvalue weighted by Crippen LogP contribution is -1.97. The third kappa shape index (κ3) is 1.76. The van der Waals surface area contributed by atoms with Gasteiger partial charge in [-0.3, -0.25) is 4.79 Å². The highest BCUT2D eigenvalue weighted by atomic mass is 16.1. The van der Waals surface area contributed by atoms with Crippen LogP contribution in [0.5, 0.6) is 0 Å². The summed E-state index contributed by atoms with van der Waals surface area (Å²) in [6.07, 6.45) is 2.17. The van der Waals surface area contributed by atoms with Crippen molar-refractivity contribution in [1.82, 2.24) is 9.97 Å². The first-order chi connectivity index (χ1) is 7.33. The van der Waals surface area contributed by atoms with Gasteiger partial charge >= 0.3 is 0 Å². The molecule has 74 valence electrons. The van der Waals surface area contributed by atoms with Crippen LogP contribution in [-0.2, 0) is 0 Å². The zero-order valence-corrected chi connectivity index (χ0v) is 8.34. The van der Waals surface area contributed by atoms with Gasteiger partial charge in [0.05, 0.1) is 5.69 Å². The zero-order valence-electron chi connectivity index (χ0n) is 8.34. The van der Waals surface area contributed by atoms with E-state index in [4.69, 9.17) is 0 Å². The van der Waals surface area contributed by atoms with Crippen molar-refractivity contribution in [3.8, 4) is 11.3 Å². The van der Waals surface area contributed by atoms with Gasteiger partial charge in [0.15, 0.2) is 6.29 Å². The second-order valence-corrected chi connectivity index (χ2v) is 3.22. The number of carbonyl (C=O) groups excluding carboxylic acids is 1. The quantitative estimate of drug-likeness (QED) is 0.695. The lowest BCUT2D eigenvalue weighted by atomic mass is 10.1. The molecule has 0 amide bonds. The molecule has 0 atom stereocenters. The van der Waals surface area contributed by atoms with Crippen molar-refractivity contribution in [2.24, 2.45) is 0 Å². The average Bonchev–Trinajstić information content (AvgIpc) is 2.30. The highest BCUT2D eigenvalue weighted by Crippen LogP contribution is 2.20. The number of rotatable bonds is 2. The minimum Gasteiger partial charge on any atom is -0.296 e. The lowest BCUT2D eigenvalue weighted by Gasteiger charge is -2.05. The molecule has 2 rings (SSSR count). The van der Waals surface area contributed by atoms with Crippen LogP contribution in [0.4, 0.5) is 0 Å². The van der Waals surface area contributed by atoms with E-state index in [0.29, 0.717) is 5.69 Å². The Morgan fingerprint density at radius 2 is 1.87 bits per heavy atom. The summed E-state index contributed by atoms with van der Waals surface area (Å²) in [7, 11) is 0. The Balaban J connectivity index is 2.59. The summed E-state index contributed by atoms with van der Waals surface area (Å²) < 4.78 is 0. The predicted octanol–water partition coefficient (Wildman–Crippen LogP) is 2.26. The molecule has 0 N–H and O–H groups in total. The summed E-state index contributed by atoms with van der Waals surface area (Å²) in [4.78, 5) is 18.8. The van der Waals surface area contributed by atoms with Gasteiger partial charge in [0, 0.05) is 11.1 Å². The number of nitrogens with zero attached hydrogens (tertiary/aromatic N) is 2. The van der Waals surface area contributed by atoms with E-state index in [9.17, 15) is 4.79 Å². The topological polar surface area (TPSA) is 42.9 Å². The molecule has 3 nitrogen and oxygen atoms in total. The normalized spacial score (nSPS) is 9.93. The Kier molecular flexibility index (Phi) is 2.54. The monoisotopic (exact) mass is 198 g/mol. The van der Waals surface area contributed by atoms with E-state index >= 15 is 0 Å². The summed E-state index contributed by atoms with van der Waals surface area (Å²) in [5, 5.41) is 0. The van der Waals surface area contributed by atoms with Crippen molar-refractivity contribution >= 4 is 6.29 Å². The summed E-state index contributed by atoms with van der Waals surface area (Å²) in [6.45, 7) is 1.85. The second kappa shape index (κ2) is 4.00. The number of hydrogen-bond donors (Lipinski definition) is 0. The van der Waals surface area contributed by atoms with Crippen LogP contribution in [0.2, 0.25) is 0 Å². The van der Waals surface area contributed by atoms with Crippen LogP contribution in [0, 0.1) is 6.92 Å². The summed E-state index contributed by atoms with van der Waals surface area (Å²) in [5.74, 6) is 0. The first-order valence-electron chi connectivity index (χ1n) is 4.65. The summed E-state index contributed by atoms with van der Waals surface area (Å²) in [5.41, 5.74) is 3.08. The standard InChI is InChI=1S/C12H10N2O/c1-9-11(7-15)13-8-14-12(9)10-5-3-2-4-6-10/h2-8H,1H3. The van der Waals surface area contributed by atoms with E-state index in [1.54, 1.807) is 0 Å². The van der Waals surface area contributed by atoms with Gasteiger partial charge in [0.1, 0.15) is 12.0 Å². The Morgan fingerprint density at radius 1 is 1.13 bits per heavy atom. The van der Waals surface area contributed by atoms with Crippen molar-refractivity contribution in [3.05, 3.63) is 47.9 Å². The van der Waals surface area contributed by atoms with Crippen molar-refractivity contribution in [2.45, 2.75) is 6.92 Å². The molecule has 2 aromatic rings. The van der Waals surface area contributed by atoms with Gasteiger partial charge in [-0.05, 0) is 6.92 Å². The van der Waals surface area contributed by atoms with E-state index < -0.39 is 0 Å². The Labute approximate surface area is 87.8 Å². The number of aldehydes is 1. The minimum absolute atomic E-state index is 0.448. The smallest absolute Gasteiger partial charge is 0.168 e. The van der Waals surface area contributed by atoms with E-state index in [1.165, 1.54) is 6.33 Å². The molecule has 0 saturated carbocycles. The molecule has 0 bridgehead atoms. The SMILES string of the molecule is Cc1c(C=O)ncnc1-c1ccccc1. The highest BCUT2D eigenvalue weighted by Gasteiger charge is 2.07. The number of carbonyl (C=O) groups is 1. The van der Waals surface area contributed by atoms with Gasteiger partial charge in [-0.2, -0.15) is 0 Å². The van der Waals surface area contributed by atoms with Crippen molar-refractivity contribution in [1.29, 1.82) is 0 Å². The molecule has 0 aliphatic heterocycles. The molecule has 0 aliphatic rings. The van der Waals surface area contributed by atoms with Crippen LogP contribution < -0.4 is 0 Å². The van der Waals surface area contributed by atoms with Crippen molar-refractivity contribution in [2.75, 3.05) is 0 Å². The fourth-order valence-electron chi connectivity index (χ4n) is 1.47. The maximum Gasteiger partial charge on any atom is 0.168 e. The molecular weight excluding hydrogens is 188 g/mol. The van der Waals surface area contributed by atoms with Gasteiger partial charge in [-0.1, -0.05) is 30.3 Å². The molecule has 0 unspecified atom stereocenters. The molecule has 0 fully saturated rings. The summed E-state index contributed by atoms with van der Waals surface area (Å²) in [6, 6.07) is 9.75. The Bertz CT molecular complexity index is 480. The first kappa shape index (κ1) is 9.52. The van der Waals surface area contributed by atoms with Gasteiger partial charge in [-0.15, -0.1) is 0 Å². The van der Waals surface area contributed by atoms with Crippen molar-refractivity contribution in [3.63, 3.8) is 0 Å². The second-order valence-electron chi connectivity index (χ2n) is 3.22. The third-order valence-electron chi connectivity index (χ3n) is 2.28. The molecule has 0 spiro atoms. The van der Waals surface area contributed by atoms with Crippen LogP contribution in [0.25, 0.3) is 11.3 Å². The molecule has 3 heteroatoms. The molecule has 1 aromatic heterocycles. The molecule has 15 heavy (non-hydrogen) atoms. The lowest BCUT2D eigenvalue weighted by molar-refractivity contribution is 0.111. The van der Waals surface area contributed by atoms with Crippen molar-refractivity contribution < 1.29 is 4.79 Å². The maximum atomic E-state index is 10.7. The molecule has 0 aliphatic carbocycles. The van der Waals surface area contributed by atoms with E-state index in [1.807, 2.05) is 37.3 Å². The summed E-state index contributed by atoms with van der Waals surface area (Å²) >= 11 is 0. The highest BCUT2D eigenvalue weighted by molar-refractivity contribution is 5.78. The van der Waals surface area contributed by atoms with E-state index in [-0.39, 0.29) is 0 Å². The fourth-order valence-corrected chi connectivity index (χ4v) is 1.47. The zero-order chi connectivity index (χ0) is 10.7. The molecule has 1 aromatic carbocycles. The number of benzene rings is 1. The number of aromatic nitrogens is 2. The molecule has 0 radical (unpaired) electrons. The minimum atomic E-state index is 0.448. The number of hydrogen-bond acceptors (Lipinski definition) is 3.